The first-order chi connectivity index (χ1) is 6.07. The van der Waals surface area contributed by atoms with Crippen LogP contribution in [-0.2, 0) is 3.79 Å². The lowest BCUT2D eigenvalue weighted by Gasteiger charge is -2.06. The Morgan fingerprint density at radius 2 is 2.08 bits per heavy atom. The third-order valence-electron chi connectivity index (χ3n) is 1.69. The summed E-state index contributed by atoms with van der Waals surface area (Å²) in [4.78, 5) is 0. The molecule has 0 fully saturated rings. The Bertz CT molecular complexity index is 358. The van der Waals surface area contributed by atoms with E-state index in [-0.39, 0.29) is 0 Å². The van der Waals surface area contributed by atoms with Crippen LogP contribution in [0.25, 0.3) is 11.1 Å². The molecule has 13 heavy (non-hydrogen) atoms. The van der Waals surface area contributed by atoms with E-state index < -0.39 is 3.79 Å². The average molecular weight is 234 g/mol. The molecule has 0 saturated heterocycles. The zero-order valence-electron chi connectivity index (χ0n) is 6.35. The summed E-state index contributed by atoms with van der Waals surface area (Å²) in [7, 11) is 0. The Hall–Kier alpha value is -0.370. The van der Waals surface area contributed by atoms with Crippen LogP contribution in [0.15, 0.2) is 29.1 Å². The number of alkyl halides is 3. The fourth-order valence-corrected chi connectivity index (χ4v) is 1.40. The maximum Gasteiger partial charge on any atom is 0.216 e. The molecule has 2 rings (SSSR count). The first kappa shape index (κ1) is 9.20. The summed E-state index contributed by atoms with van der Waals surface area (Å²) in [5, 5.41) is 0. The summed E-state index contributed by atoms with van der Waals surface area (Å²) < 4.78 is 3.55. The van der Waals surface area contributed by atoms with Gasteiger partial charge in [-0.1, -0.05) is 34.8 Å². The Balaban J connectivity index is 2.58. The molecule has 1 nitrogen and oxygen atoms in total. The van der Waals surface area contributed by atoms with Gasteiger partial charge in [0.2, 0.25) is 3.79 Å². The lowest BCUT2D eigenvalue weighted by atomic mass is 10.2. The Morgan fingerprint density at radius 1 is 1.31 bits per heavy atom. The quantitative estimate of drug-likeness (QED) is 0.628. The minimum absolute atomic E-state index is 0.536. The van der Waals surface area contributed by atoms with Gasteiger partial charge in [0.05, 0.1) is 12.5 Å². The van der Waals surface area contributed by atoms with Crippen molar-refractivity contribution in [2.75, 3.05) is 0 Å². The third-order valence-corrected chi connectivity index (χ3v) is 2.30. The van der Waals surface area contributed by atoms with E-state index in [0.717, 1.165) is 11.1 Å². The van der Waals surface area contributed by atoms with Gasteiger partial charge in [0.15, 0.2) is 0 Å². The number of halogens is 3. The average Bonchev–Trinajstić information content (AvgIpc) is 2.45. The van der Waals surface area contributed by atoms with Crippen molar-refractivity contribution in [1.29, 1.82) is 0 Å². The molecular weight excluding hydrogens is 230 g/mol. The second kappa shape index (κ2) is 3.09. The SMILES string of the molecule is ClC(Cl)(Cl)c1[c]c2ccocc-2c1. The van der Waals surface area contributed by atoms with Crippen LogP contribution in [0.5, 0.6) is 0 Å². The van der Waals surface area contributed by atoms with Gasteiger partial charge in [0, 0.05) is 11.1 Å². The molecular formula is C9H4Cl3O. The van der Waals surface area contributed by atoms with E-state index in [9.17, 15) is 0 Å². The number of hydrogen-bond acceptors (Lipinski definition) is 1. The van der Waals surface area contributed by atoms with Crippen LogP contribution >= 0.6 is 34.8 Å². The van der Waals surface area contributed by atoms with Crippen LogP contribution in [0.2, 0.25) is 0 Å². The Kier molecular flexibility index (Phi) is 2.18. The van der Waals surface area contributed by atoms with Crippen LogP contribution in [-0.4, -0.2) is 0 Å². The third kappa shape index (κ3) is 1.78. The van der Waals surface area contributed by atoms with E-state index in [1.54, 1.807) is 24.7 Å². The van der Waals surface area contributed by atoms with E-state index in [0.29, 0.717) is 5.56 Å². The van der Waals surface area contributed by atoms with Crippen LogP contribution in [0, 0.1) is 6.07 Å². The standard InChI is InChI=1S/C9H4Cl3O/c10-9(11,12)8-3-6-1-2-13-5-7(6)4-8/h1-2,4-5H. The van der Waals surface area contributed by atoms with Crippen molar-refractivity contribution in [3.8, 4) is 11.1 Å². The molecule has 0 unspecified atom stereocenters. The van der Waals surface area contributed by atoms with Gasteiger partial charge in [-0.2, -0.15) is 0 Å². The van der Waals surface area contributed by atoms with Gasteiger partial charge in [-0.25, -0.2) is 0 Å². The van der Waals surface area contributed by atoms with Crippen molar-refractivity contribution < 1.29 is 4.42 Å². The molecule has 0 aromatic rings. The van der Waals surface area contributed by atoms with Crippen LogP contribution in [0.3, 0.4) is 0 Å². The second-order valence-electron chi connectivity index (χ2n) is 2.61. The highest BCUT2D eigenvalue weighted by molar-refractivity contribution is 6.66. The smallest absolute Gasteiger partial charge is 0.216 e. The second-order valence-corrected chi connectivity index (χ2v) is 4.89. The molecule has 0 bridgehead atoms. The molecule has 0 atom stereocenters. The normalized spacial score (nSPS) is 12.2. The van der Waals surface area contributed by atoms with Crippen LogP contribution < -0.4 is 0 Å². The van der Waals surface area contributed by atoms with Gasteiger partial charge >= 0.3 is 0 Å². The van der Waals surface area contributed by atoms with Crippen molar-refractivity contribution in [3.05, 3.63) is 36.3 Å². The molecule has 0 amide bonds. The van der Waals surface area contributed by atoms with Crippen molar-refractivity contribution in [3.63, 3.8) is 0 Å². The summed E-state index contributed by atoms with van der Waals surface area (Å²) in [6, 6.07) is 6.49. The summed E-state index contributed by atoms with van der Waals surface area (Å²) in [6.45, 7) is 0. The van der Waals surface area contributed by atoms with E-state index in [1.807, 2.05) is 0 Å². The molecule has 1 aliphatic carbocycles. The summed E-state index contributed by atoms with van der Waals surface area (Å²) >= 11 is 17.1. The largest absolute Gasteiger partial charge is 0.472 e. The minimum atomic E-state index is -1.42. The van der Waals surface area contributed by atoms with Gasteiger partial charge in [-0.15, -0.1) is 0 Å². The molecule has 0 N–H and O–H groups in total. The van der Waals surface area contributed by atoms with Crippen LogP contribution in [0.4, 0.5) is 0 Å². The first-order valence-corrected chi connectivity index (χ1v) is 4.66. The molecule has 67 valence electrons. The highest BCUT2D eigenvalue weighted by Gasteiger charge is 2.25. The first-order valence-electron chi connectivity index (χ1n) is 3.53. The van der Waals surface area contributed by atoms with Gasteiger partial charge in [0.1, 0.15) is 0 Å². The molecule has 1 radical (unpaired) electrons. The molecule has 4 heteroatoms. The molecule has 2 aliphatic rings. The van der Waals surface area contributed by atoms with Crippen molar-refractivity contribution in [1.82, 2.24) is 0 Å². The lowest BCUT2D eigenvalue weighted by Crippen LogP contribution is -1.96. The molecule has 0 saturated carbocycles. The number of rotatable bonds is 0. The van der Waals surface area contributed by atoms with Gasteiger partial charge in [0.25, 0.3) is 0 Å². The maximum absolute atomic E-state index is 5.70. The van der Waals surface area contributed by atoms with Crippen molar-refractivity contribution in [2.24, 2.45) is 0 Å². The Labute approximate surface area is 90.5 Å². The van der Waals surface area contributed by atoms with E-state index in [1.165, 1.54) is 0 Å². The van der Waals surface area contributed by atoms with Gasteiger partial charge < -0.3 is 4.42 Å². The summed E-state index contributed by atoms with van der Waals surface area (Å²) in [6.07, 6.45) is 3.15. The molecule has 0 aromatic carbocycles. The summed E-state index contributed by atoms with van der Waals surface area (Å²) in [5.41, 5.74) is 2.30. The minimum Gasteiger partial charge on any atom is -0.472 e. The zero-order chi connectivity index (χ0) is 9.47. The fourth-order valence-electron chi connectivity index (χ4n) is 1.09. The number of hydrogen-bond donors (Lipinski definition) is 0. The molecule has 0 spiro atoms. The number of fused-ring (bicyclic) bond motifs is 1. The van der Waals surface area contributed by atoms with Gasteiger partial charge in [-0.05, 0) is 23.8 Å². The van der Waals surface area contributed by atoms with Crippen molar-refractivity contribution in [2.45, 2.75) is 3.79 Å². The molecule has 1 heterocycles. The predicted octanol–water partition coefficient (Wildman–Crippen LogP) is 4.01. The van der Waals surface area contributed by atoms with E-state index in [2.05, 4.69) is 6.07 Å². The maximum atomic E-state index is 5.70. The lowest BCUT2D eigenvalue weighted by molar-refractivity contribution is 0.552. The summed E-state index contributed by atoms with van der Waals surface area (Å²) in [5.74, 6) is 0. The zero-order valence-corrected chi connectivity index (χ0v) is 8.62. The van der Waals surface area contributed by atoms with Crippen molar-refractivity contribution >= 4 is 34.8 Å². The predicted molar refractivity (Wildman–Crippen MR) is 53.4 cm³/mol. The van der Waals surface area contributed by atoms with Crippen LogP contribution in [0.1, 0.15) is 5.56 Å². The molecule has 0 aromatic heterocycles. The highest BCUT2D eigenvalue weighted by Crippen LogP contribution is 2.41. The van der Waals surface area contributed by atoms with E-state index in [4.69, 9.17) is 39.2 Å². The van der Waals surface area contributed by atoms with E-state index >= 15 is 0 Å². The fraction of sp³-hybridized carbons (Fsp3) is 0.111. The topological polar surface area (TPSA) is 13.1 Å². The highest BCUT2D eigenvalue weighted by atomic mass is 35.6. The monoisotopic (exact) mass is 233 g/mol. The molecule has 1 aliphatic heterocycles. The van der Waals surface area contributed by atoms with Gasteiger partial charge in [-0.3, -0.25) is 0 Å². The Morgan fingerprint density at radius 3 is 2.69 bits per heavy atom.